The molecule has 1 amide bonds. The van der Waals surface area contributed by atoms with Crippen molar-refractivity contribution in [2.75, 3.05) is 23.5 Å². The van der Waals surface area contributed by atoms with E-state index in [1.165, 1.54) is 5.56 Å². The Bertz CT molecular complexity index is 1250. The molecule has 178 valence electrons. The van der Waals surface area contributed by atoms with Crippen molar-refractivity contribution in [3.05, 3.63) is 89.5 Å². The summed E-state index contributed by atoms with van der Waals surface area (Å²) in [4.78, 5) is 18.9. The fraction of sp³-hybridized carbons (Fsp3) is 0.231. The van der Waals surface area contributed by atoms with E-state index in [4.69, 9.17) is 9.57 Å². The number of nitrogens with zero attached hydrogens (tertiary/aromatic N) is 4. The average molecular weight is 471 g/mol. The second-order valence-corrected chi connectivity index (χ2v) is 8.22. The third kappa shape index (κ3) is 5.57. The summed E-state index contributed by atoms with van der Waals surface area (Å²) in [5.41, 5.74) is 3.46. The topological polar surface area (TPSA) is 105 Å². The van der Waals surface area contributed by atoms with Gasteiger partial charge in [0.2, 0.25) is 0 Å². The number of aromatic nitrogens is 4. The molecule has 0 saturated heterocycles. The number of aromatic amines is 1. The number of aryl methyl sites for hydroxylation is 1. The van der Waals surface area contributed by atoms with E-state index in [0.29, 0.717) is 36.1 Å². The normalized spacial score (nSPS) is 12.5. The van der Waals surface area contributed by atoms with Crippen molar-refractivity contribution in [3.8, 4) is 11.5 Å². The van der Waals surface area contributed by atoms with Gasteiger partial charge in [-0.1, -0.05) is 47.6 Å². The first-order valence-corrected chi connectivity index (χ1v) is 11.7. The number of carbonyl (C=O) groups excluding carboxylic acids is 1. The zero-order valence-electron chi connectivity index (χ0n) is 19.2. The van der Waals surface area contributed by atoms with E-state index in [9.17, 15) is 4.79 Å². The van der Waals surface area contributed by atoms with Crippen LogP contribution in [0.2, 0.25) is 0 Å². The molecule has 5 rings (SSSR count). The van der Waals surface area contributed by atoms with Gasteiger partial charge in [0.15, 0.2) is 5.75 Å². The minimum atomic E-state index is -0.229. The third-order valence-corrected chi connectivity index (χ3v) is 5.78. The number of amides is 1. The van der Waals surface area contributed by atoms with Crippen LogP contribution < -0.4 is 20.0 Å². The van der Waals surface area contributed by atoms with Gasteiger partial charge in [0.25, 0.3) is 11.9 Å². The van der Waals surface area contributed by atoms with Crippen LogP contribution in [0.25, 0.3) is 0 Å². The maximum absolute atomic E-state index is 12.9. The van der Waals surface area contributed by atoms with Crippen LogP contribution in [0.4, 0.5) is 11.6 Å². The number of benzene rings is 3. The first kappa shape index (κ1) is 22.4. The Morgan fingerprint density at radius 1 is 1.03 bits per heavy atom. The molecule has 3 aromatic carbocycles. The Labute approximate surface area is 203 Å². The van der Waals surface area contributed by atoms with Crippen LogP contribution in [0.15, 0.2) is 72.8 Å². The number of tetrazole rings is 1. The molecule has 0 saturated carbocycles. The monoisotopic (exact) mass is 470 g/mol. The molecule has 9 heteroatoms. The predicted octanol–water partition coefficient (Wildman–Crippen LogP) is 4.21. The largest absolute Gasteiger partial charge is 0.494 e. The Morgan fingerprint density at radius 3 is 2.69 bits per heavy atom. The van der Waals surface area contributed by atoms with Crippen molar-refractivity contribution < 1.29 is 14.4 Å². The van der Waals surface area contributed by atoms with Crippen molar-refractivity contribution in [3.63, 3.8) is 0 Å². The number of hydroxylamine groups is 1. The summed E-state index contributed by atoms with van der Waals surface area (Å²) >= 11 is 0. The molecule has 2 heterocycles. The molecule has 0 fully saturated rings. The molecule has 1 aromatic heterocycles. The van der Waals surface area contributed by atoms with Crippen molar-refractivity contribution in [2.24, 2.45) is 0 Å². The zero-order valence-corrected chi connectivity index (χ0v) is 19.2. The quantitative estimate of drug-likeness (QED) is 0.353. The van der Waals surface area contributed by atoms with Gasteiger partial charge in [-0.05, 0) is 66.8 Å². The van der Waals surface area contributed by atoms with Crippen LogP contribution in [0.1, 0.15) is 34.3 Å². The van der Waals surface area contributed by atoms with Crippen molar-refractivity contribution in [1.29, 1.82) is 0 Å². The molecule has 4 aromatic rings. The number of unbranched alkanes of at least 4 members (excludes halogenated alkanes) is 1. The minimum Gasteiger partial charge on any atom is -0.494 e. The van der Waals surface area contributed by atoms with Crippen LogP contribution in [-0.4, -0.2) is 39.7 Å². The number of ether oxygens (including phenoxy) is 1. The smallest absolute Gasteiger partial charge is 0.298 e. The molecular formula is C26H26N6O3. The van der Waals surface area contributed by atoms with Crippen molar-refractivity contribution in [1.82, 2.24) is 20.6 Å². The zero-order chi connectivity index (χ0) is 23.9. The number of rotatable bonds is 9. The first-order chi connectivity index (χ1) is 17.3. The standard InChI is InChI=1S/C26H26N6O3/c33-25(21-12-14-22(15-13-21)34-18-5-4-9-19-7-2-1-3-8-19)27-23-11-6-10-20-16-17-32(35-24(20)23)26-28-30-31-29-26/h1-3,6-8,10-15H,4-5,9,16-18H2,(H,27,33)(H,28,29,30,31). The van der Waals surface area contributed by atoms with E-state index in [-0.39, 0.29) is 5.91 Å². The summed E-state index contributed by atoms with van der Waals surface area (Å²) in [6.07, 6.45) is 3.81. The maximum atomic E-state index is 12.9. The van der Waals surface area contributed by atoms with Crippen LogP contribution in [0.3, 0.4) is 0 Å². The van der Waals surface area contributed by atoms with Gasteiger partial charge >= 0.3 is 0 Å². The Hall–Kier alpha value is -4.40. The molecule has 0 spiro atoms. The number of anilines is 2. The number of carbonyl (C=O) groups is 1. The molecular weight excluding hydrogens is 444 g/mol. The average Bonchev–Trinajstić information content (AvgIpc) is 3.45. The number of nitrogens with one attached hydrogen (secondary N) is 2. The highest BCUT2D eigenvalue weighted by Crippen LogP contribution is 2.34. The summed E-state index contributed by atoms with van der Waals surface area (Å²) in [5, 5.41) is 18.4. The molecule has 1 aliphatic rings. The van der Waals surface area contributed by atoms with Crippen LogP contribution in [-0.2, 0) is 12.8 Å². The number of hydrogen-bond acceptors (Lipinski definition) is 7. The molecule has 1 aliphatic heterocycles. The highest BCUT2D eigenvalue weighted by molar-refractivity contribution is 6.05. The summed E-state index contributed by atoms with van der Waals surface area (Å²) < 4.78 is 5.84. The summed E-state index contributed by atoms with van der Waals surface area (Å²) in [6.45, 7) is 1.22. The SMILES string of the molecule is O=C(Nc1cccc2c1ON(c1nn[nH]n1)CC2)c1ccc(OCCCCc2ccccc2)cc1. The predicted molar refractivity (Wildman–Crippen MR) is 132 cm³/mol. The summed E-state index contributed by atoms with van der Waals surface area (Å²) in [7, 11) is 0. The fourth-order valence-corrected chi connectivity index (χ4v) is 3.93. The Kier molecular flexibility index (Phi) is 6.84. The van der Waals surface area contributed by atoms with Gasteiger partial charge in [-0.2, -0.15) is 10.3 Å². The van der Waals surface area contributed by atoms with Gasteiger partial charge in [-0.15, -0.1) is 5.10 Å². The highest BCUT2D eigenvalue weighted by Gasteiger charge is 2.24. The lowest BCUT2D eigenvalue weighted by molar-refractivity contribution is 0.102. The van der Waals surface area contributed by atoms with E-state index >= 15 is 0 Å². The lowest BCUT2D eigenvalue weighted by Crippen LogP contribution is -2.35. The molecule has 0 atom stereocenters. The number of para-hydroxylation sites is 1. The van der Waals surface area contributed by atoms with E-state index in [1.807, 2.05) is 36.4 Å². The number of H-pyrrole nitrogens is 1. The summed E-state index contributed by atoms with van der Waals surface area (Å²) in [6, 6.07) is 23.3. The fourth-order valence-electron chi connectivity index (χ4n) is 3.93. The van der Waals surface area contributed by atoms with Gasteiger partial charge in [0.1, 0.15) is 5.75 Å². The van der Waals surface area contributed by atoms with E-state index in [0.717, 1.165) is 37.0 Å². The van der Waals surface area contributed by atoms with Crippen LogP contribution in [0.5, 0.6) is 11.5 Å². The number of hydrogen-bond donors (Lipinski definition) is 2. The van der Waals surface area contributed by atoms with E-state index in [1.54, 1.807) is 17.2 Å². The Morgan fingerprint density at radius 2 is 1.89 bits per heavy atom. The summed E-state index contributed by atoms with van der Waals surface area (Å²) in [5.74, 6) is 1.44. The molecule has 2 N–H and O–H groups in total. The first-order valence-electron chi connectivity index (χ1n) is 11.7. The molecule has 9 nitrogen and oxygen atoms in total. The Balaban J connectivity index is 1.14. The molecule has 0 bridgehead atoms. The second kappa shape index (κ2) is 10.7. The van der Waals surface area contributed by atoms with Crippen molar-refractivity contribution in [2.45, 2.75) is 25.7 Å². The van der Waals surface area contributed by atoms with Crippen LogP contribution >= 0.6 is 0 Å². The maximum Gasteiger partial charge on any atom is 0.298 e. The van der Waals surface area contributed by atoms with Gasteiger partial charge in [0.05, 0.1) is 18.8 Å². The molecule has 35 heavy (non-hydrogen) atoms. The molecule has 0 aliphatic carbocycles. The lowest BCUT2D eigenvalue weighted by Gasteiger charge is -2.28. The molecule has 0 unspecified atom stereocenters. The lowest BCUT2D eigenvalue weighted by atomic mass is 10.1. The van der Waals surface area contributed by atoms with Gasteiger partial charge in [0, 0.05) is 11.1 Å². The molecule has 0 radical (unpaired) electrons. The van der Waals surface area contributed by atoms with Crippen molar-refractivity contribution >= 4 is 17.5 Å². The van der Waals surface area contributed by atoms with E-state index in [2.05, 4.69) is 50.2 Å². The highest BCUT2D eigenvalue weighted by atomic mass is 16.7. The van der Waals surface area contributed by atoms with Gasteiger partial charge < -0.3 is 14.9 Å². The minimum absolute atomic E-state index is 0.229. The van der Waals surface area contributed by atoms with Crippen LogP contribution in [0, 0.1) is 0 Å². The van der Waals surface area contributed by atoms with Gasteiger partial charge in [-0.25, -0.2) is 0 Å². The second-order valence-electron chi connectivity index (χ2n) is 8.22. The van der Waals surface area contributed by atoms with Gasteiger partial charge in [-0.3, -0.25) is 4.79 Å². The number of fused-ring (bicyclic) bond motifs is 1. The third-order valence-electron chi connectivity index (χ3n) is 5.78. The van der Waals surface area contributed by atoms with E-state index < -0.39 is 0 Å².